The van der Waals surface area contributed by atoms with Crippen molar-refractivity contribution < 1.29 is 4.39 Å². The molecular weight excluding hydrogens is 393 g/mol. The molecule has 0 radical (unpaired) electrons. The minimum atomic E-state index is -0.288. The zero-order chi connectivity index (χ0) is 21.0. The molecule has 0 amide bonds. The van der Waals surface area contributed by atoms with Gasteiger partial charge in [0.25, 0.3) is 0 Å². The summed E-state index contributed by atoms with van der Waals surface area (Å²) in [5.41, 5.74) is 1.52. The number of fused-ring (bicyclic) bond motifs is 1. The lowest BCUT2D eigenvalue weighted by molar-refractivity contribution is 0.243. The molecule has 31 heavy (non-hydrogen) atoms. The first kappa shape index (κ1) is 19.3. The van der Waals surface area contributed by atoms with E-state index in [2.05, 4.69) is 25.1 Å². The minimum Gasteiger partial charge on any atom is -0.340 e. The lowest BCUT2D eigenvalue weighted by atomic mass is 10.2. The van der Waals surface area contributed by atoms with Crippen LogP contribution in [0.1, 0.15) is 5.82 Å². The van der Waals surface area contributed by atoms with E-state index < -0.39 is 0 Å². The molecule has 0 spiro atoms. The van der Waals surface area contributed by atoms with Crippen LogP contribution in [0.5, 0.6) is 0 Å². The number of piperazine rings is 1. The number of para-hydroxylation sites is 1. The van der Waals surface area contributed by atoms with Crippen molar-refractivity contribution in [1.82, 2.24) is 24.8 Å². The third-order valence-electron chi connectivity index (χ3n) is 5.31. The molecule has 1 aliphatic rings. The standard InChI is InChI=1S/C23H22FN7/c24-17-5-3-6-18(15-17)27-22-19-7-1-2-8-20(19)28-21(29-22)16-30-11-13-31(14-12-30)23-25-9-4-10-26-23/h1-10,15H,11-14,16H2,(H,27,28,29). The number of nitrogens with zero attached hydrogens (tertiary/aromatic N) is 6. The fourth-order valence-corrected chi connectivity index (χ4v) is 3.75. The number of nitrogens with one attached hydrogen (secondary N) is 1. The quantitative estimate of drug-likeness (QED) is 0.534. The molecule has 1 fully saturated rings. The lowest BCUT2D eigenvalue weighted by Crippen LogP contribution is -2.46. The molecule has 0 unspecified atom stereocenters. The van der Waals surface area contributed by atoms with E-state index in [1.165, 1.54) is 12.1 Å². The van der Waals surface area contributed by atoms with Gasteiger partial charge < -0.3 is 10.2 Å². The van der Waals surface area contributed by atoms with Crippen LogP contribution < -0.4 is 10.2 Å². The molecule has 3 heterocycles. The summed E-state index contributed by atoms with van der Waals surface area (Å²) in [5, 5.41) is 4.16. The van der Waals surface area contributed by atoms with Gasteiger partial charge in [-0.2, -0.15) is 0 Å². The molecule has 1 N–H and O–H groups in total. The van der Waals surface area contributed by atoms with Gasteiger partial charge in [-0.1, -0.05) is 18.2 Å². The van der Waals surface area contributed by atoms with Crippen LogP contribution in [-0.4, -0.2) is 51.0 Å². The van der Waals surface area contributed by atoms with Gasteiger partial charge >= 0.3 is 0 Å². The highest BCUT2D eigenvalue weighted by molar-refractivity contribution is 5.90. The fourth-order valence-electron chi connectivity index (χ4n) is 3.75. The summed E-state index contributed by atoms with van der Waals surface area (Å²) in [4.78, 5) is 22.7. The van der Waals surface area contributed by atoms with Gasteiger partial charge in [0, 0.05) is 49.6 Å². The van der Waals surface area contributed by atoms with Crippen molar-refractivity contribution in [3.05, 3.63) is 78.6 Å². The summed E-state index contributed by atoms with van der Waals surface area (Å²) in [6.45, 7) is 4.10. The second kappa shape index (κ2) is 8.61. The van der Waals surface area contributed by atoms with E-state index in [4.69, 9.17) is 9.97 Å². The largest absolute Gasteiger partial charge is 0.340 e. The van der Waals surface area contributed by atoms with Crippen molar-refractivity contribution in [3.8, 4) is 0 Å². The molecule has 5 rings (SSSR count). The summed E-state index contributed by atoms with van der Waals surface area (Å²) in [7, 11) is 0. The maximum atomic E-state index is 13.6. The average molecular weight is 415 g/mol. The Bertz CT molecular complexity index is 1180. The molecule has 8 heteroatoms. The van der Waals surface area contributed by atoms with E-state index in [0.29, 0.717) is 18.1 Å². The van der Waals surface area contributed by atoms with Gasteiger partial charge in [0.1, 0.15) is 17.5 Å². The summed E-state index contributed by atoms with van der Waals surface area (Å²) in [5.74, 6) is 1.90. The van der Waals surface area contributed by atoms with E-state index in [-0.39, 0.29) is 5.82 Å². The number of hydrogen-bond acceptors (Lipinski definition) is 7. The molecule has 0 saturated carbocycles. The zero-order valence-corrected chi connectivity index (χ0v) is 16.9. The average Bonchev–Trinajstić information content (AvgIpc) is 2.80. The van der Waals surface area contributed by atoms with E-state index >= 15 is 0 Å². The monoisotopic (exact) mass is 415 g/mol. The normalized spacial score (nSPS) is 14.7. The summed E-state index contributed by atoms with van der Waals surface area (Å²) in [6, 6.07) is 16.1. The zero-order valence-electron chi connectivity index (χ0n) is 16.9. The van der Waals surface area contributed by atoms with Crippen LogP contribution in [0.15, 0.2) is 67.0 Å². The van der Waals surface area contributed by atoms with Crippen LogP contribution in [0.3, 0.4) is 0 Å². The highest BCUT2D eigenvalue weighted by atomic mass is 19.1. The van der Waals surface area contributed by atoms with Gasteiger partial charge in [0.05, 0.1) is 12.1 Å². The fraction of sp³-hybridized carbons (Fsp3) is 0.217. The first-order chi connectivity index (χ1) is 15.2. The van der Waals surface area contributed by atoms with E-state index in [9.17, 15) is 4.39 Å². The Morgan fingerprint density at radius 3 is 2.48 bits per heavy atom. The first-order valence-corrected chi connectivity index (χ1v) is 10.3. The third kappa shape index (κ3) is 4.44. The van der Waals surface area contributed by atoms with Gasteiger partial charge in [-0.25, -0.2) is 24.3 Å². The topological polar surface area (TPSA) is 70.1 Å². The second-order valence-corrected chi connectivity index (χ2v) is 7.45. The highest BCUT2D eigenvalue weighted by Crippen LogP contribution is 2.25. The van der Waals surface area contributed by atoms with Gasteiger partial charge in [-0.15, -0.1) is 0 Å². The van der Waals surface area contributed by atoms with E-state index in [1.54, 1.807) is 18.5 Å². The number of hydrogen-bond donors (Lipinski definition) is 1. The Balaban J connectivity index is 1.34. The summed E-state index contributed by atoms with van der Waals surface area (Å²) >= 11 is 0. The van der Waals surface area contributed by atoms with Crippen LogP contribution in [-0.2, 0) is 6.54 Å². The SMILES string of the molecule is Fc1cccc(Nc2nc(CN3CCN(c4ncccn4)CC3)nc3ccccc23)c1. The van der Waals surface area contributed by atoms with Crippen LogP contribution in [0.4, 0.5) is 21.8 Å². The Morgan fingerprint density at radius 1 is 0.871 bits per heavy atom. The smallest absolute Gasteiger partial charge is 0.225 e. The van der Waals surface area contributed by atoms with E-state index in [0.717, 1.165) is 48.9 Å². The van der Waals surface area contributed by atoms with Gasteiger partial charge in [-0.3, -0.25) is 4.90 Å². The Morgan fingerprint density at radius 2 is 1.68 bits per heavy atom. The molecule has 4 aromatic rings. The third-order valence-corrected chi connectivity index (χ3v) is 5.31. The number of rotatable bonds is 5. The number of benzene rings is 2. The summed E-state index contributed by atoms with van der Waals surface area (Å²) < 4.78 is 13.6. The van der Waals surface area contributed by atoms with Crippen molar-refractivity contribution in [2.75, 3.05) is 36.4 Å². The van der Waals surface area contributed by atoms with Crippen LogP contribution in [0.2, 0.25) is 0 Å². The molecule has 7 nitrogen and oxygen atoms in total. The second-order valence-electron chi connectivity index (χ2n) is 7.45. The molecule has 0 aliphatic carbocycles. The molecule has 2 aromatic heterocycles. The Kier molecular flexibility index (Phi) is 5.37. The molecule has 0 atom stereocenters. The minimum absolute atomic E-state index is 0.288. The predicted octanol–water partition coefficient (Wildman–Crippen LogP) is 3.62. The molecule has 156 valence electrons. The molecular formula is C23H22FN7. The highest BCUT2D eigenvalue weighted by Gasteiger charge is 2.20. The first-order valence-electron chi connectivity index (χ1n) is 10.3. The van der Waals surface area contributed by atoms with Gasteiger partial charge in [0.15, 0.2) is 0 Å². The van der Waals surface area contributed by atoms with Crippen molar-refractivity contribution >= 4 is 28.4 Å². The van der Waals surface area contributed by atoms with Gasteiger partial charge in [0.2, 0.25) is 5.95 Å². The molecule has 1 aliphatic heterocycles. The van der Waals surface area contributed by atoms with Crippen molar-refractivity contribution in [2.24, 2.45) is 0 Å². The lowest BCUT2D eigenvalue weighted by Gasteiger charge is -2.34. The number of aromatic nitrogens is 4. The molecule has 1 saturated heterocycles. The molecule has 0 bridgehead atoms. The van der Waals surface area contributed by atoms with Gasteiger partial charge in [-0.05, 0) is 36.4 Å². The predicted molar refractivity (Wildman–Crippen MR) is 119 cm³/mol. The Hall–Kier alpha value is -3.65. The van der Waals surface area contributed by atoms with Crippen molar-refractivity contribution in [1.29, 1.82) is 0 Å². The van der Waals surface area contributed by atoms with Crippen molar-refractivity contribution in [3.63, 3.8) is 0 Å². The summed E-state index contributed by atoms with van der Waals surface area (Å²) in [6.07, 6.45) is 3.54. The Labute approximate surface area is 179 Å². The molecule has 2 aromatic carbocycles. The van der Waals surface area contributed by atoms with Crippen LogP contribution in [0, 0.1) is 5.82 Å². The maximum absolute atomic E-state index is 13.6. The van der Waals surface area contributed by atoms with Crippen LogP contribution in [0.25, 0.3) is 10.9 Å². The van der Waals surface area contributed by atoms with Crippen molar-refractivity contribution in [2.45, 2.75) is 6.54 Å². The number of anilines is 3. The van der Waals surface area contributed by atoms with Crippen LogP contribution >= 0.6 is 0 Å². The number of halogens is 1. The van der Waals surface area contributed by atoms with E-state index in [1.807, 2.05) is 36.4 Å². The maximum Gasteiger partial charge on any atom is 0.225 e.